The average Bonchev–Trinajstić information content (AvgIpc) is 3.43. The van der Waals surface area contributed by atoms with Crippen molar-refractivity contribution in [1.29, 1.82) is 0 Å². The standard InChI is InChI=1S/C25H27N5O3S/c1-5-33-24(32)21-17(4)34-25(28-21)29(12-11-18-9-7-6-8-10-18)23(31)20-13-19-15-27-30(16(2)3)22(19)26-14-20/h6-10,13-16H,5,11-12H2,1-4H3. The Kier molecular flexibility index (Phi) is 7.02. The molecule has 4 rings (SSSR count). The number of pyridine rings is 1. The maximum Gasteiger partial charge on any atom is 0.358 e. The number of rotatable bonds is 8. The van der Waals surface area contributed by atoms with Gasteiger partial charge >= 0.3 is 5.97 Å². The van der Waals surface area contributed by atoms with Crippen LogP contribution >= 0.6 is 11.3 Å². The Morgan fingerprint density at radius 3 is 2.65 bits per heavy atom. The number of hydrogen-bond acceptors (Lipinski definition) is 7. The first-order valence-electron chi connectivity index (χ1n) is 11.2. The highest BCUT2D eigenvalue weighted by Gasteiger charge is 2.25. The van der Waals surface area contributed by atoms with Crippen molar-refractivity contribution in [3.8, 4) is 0 Å². The second-order valence-corrected chi connectivity index (χ2v) is 9.32. The van der Waals surface area contributed by atoms with Crippen LogP contribution in [0.4, 0.5) is 5.13 Å². The number of aryl methyl sites for hydroxylation is 1. The lowest BCUT2D eigenvalue weighted by molar-refractivity contribution is 0.0519. The van der Waals surface area contributed by atoms with Gasteiger partial charge in [0.05, 0.1) is 18.4 Å². The fourth-order valence-corrected chi connectivity index (χ4v) is 4.57. The Morgan fingerprint density at radius 2 is 1.94 bits per heavy atom. The highest BCUT2D eigenvalue weighted by molar-refractivity contribution is 7.16. The summed E-state index contributed by atoms with van der Waals surface area (Å²) in [4.78, 5) is 37.3. The highest BCUT2D eigenvalue weighted by Crippen LogP contribution is 2.28. The molecule has 9 heteroatoms. The molecular weight excluding hydrogens is 450 g/mol. The molecule has 0 unspecified atom stereocenters. The molecule has 0 aliphatic rings. The summed E-state index contributed by atoms with van der Waals surface area (Å²) >= 11 is 1.30. The largest absolute Gasteiger partial charge is 0.461 e. The molecule has 0 bridgehead atoms. The minimum absolute atomic E-state index is 0.161. The van der Waals surface area contributed by atoms with E-state index in [1.807, 2.05) is 48.9 Å². The highest BCUT2D eigenvalue weighted by atomic mass is 32.1. The van der Waals surface area contributed by atoms with E-state index in [2.05, 4.69) is 15.1 Å². The quantitative estimate of drug-likeness (QED) is 0.337. The summed E-state index contributed by atoms with van der Waals surface area (Å²) in [5.74, 6) is -0.714. The number of nitrogens with zero attached hydrogens (tertiary/aromatic N) is 5. The van der Waals surface area contributed by atoms with E-state index in [9.17, 15) is 9.59 Å². The summed E-state index contributed by atoms with van der Waals surface area (Å²) in [5, 5.41) is 5.65. The normalized spacial score (nSPS) is 11.2. The molecule has 0 aliphatic heterocycles. The second-order valence-electron chi connectivity index (χ2n) is 8.13. The summed E-state index contributed by atoms with van der Waals surface area (Å²) in [6.07, 6.45) is 3.94. The van der Waals surface area contributed by atoms with Crippen molar-refractivity contribution in [3.05, 3.63) is 70.5 Å². The summed E-state index contributed by atoms with van der Waals surface area (Å²) in [7, 11) is 0. The van der Waals surface area contributed by atoms with Crippen LogP contribution in [0.2, 0.25) is 0 Å². The monoisotopic (exact) mass is 477 g/mol. The number of fused-ring (bicyclic) bond motifs is 1. The van der Waals surface area contributed by atoms with Gasteiger partial charge in [-0.1, -0.05) is 30.3 Å². The molecule has 8 nitrogen and oxygen atoms in total. The molecule has 0 atom stereocenters. The lowest BCUT2D eigenvalue weighted by atomic mass is 10.1. The maximum atomic E-state index is 13.7. The van der Waals surface area contributed by atoms with Gasteiger partial charge < -0.3 is 4.74 Å². The molecule has 4 aromatic rings. The van der Waals surface area contributed by atoms with E-state index in [1.54, 1.807) is 37.2 Å². The summed E-state index contributed by atoms with van der Waals surface area (Å²) in [5.41, 5.74) is 2.52. The van der Waals surface area contributed by atoms with Gasteiger partial charge in [-0.2, -0.15) is 5.10 Å². The fourth-order valence-electron chi connectivity index (χ4n) is 3.65. The Balaban J connectivity index is 1.69. The van der Waals surface area contributed by atoms with E-state index in [1.165, 1.54) is 11.3 Å². The Labute approximate surface area is 202 Å². The average molecular weight is 478 g/mol. The van der Waals surface area contributed by atoms with Gasteiger partial charge in [-0.15, -0.1) is 11.3 Å². The third-order valence-corrected chi connectivity index (χ3v) is 6.36. The first-order valence-corrected chi connectivity index (χ1v) is 12.0. The number of hydrogen-bond donors (Lipinski definition) is 0. The Bertz CT molecular complexity index is 1310. The van der Waals surface area contributed by atoms with Gasteiger partial charge in [0.2, 0.25) is 0 Å². The molecule has 0 spiro atoms. The molecule has 3 heterocycles. The number of esters is 1. The van der Waals surface area contributed by atoms with Crippen LogP contribution in [0.25, 0.3) is 11.0 Å². The number of anilines is 1. The van der Waals surface area contributed by atoms with Crippen LogP contribution in [0, 0.1) is 6.92 Å². The first kappa shape index (κ1) is 23.6. The number of carbonyl (C=O) groups is 2. The van der Waals surface area contributed by atoms with E-state index < -0.39 is 5.97 Å². The molecule has 1 amide bonds. The fraction of sp³-hybridized carbons (Fsp3) is 0.320. The molecule has 3 aromatic heterocycles. The molecule has 0 radical (unpaired) electrons. The second kappa shape index (κ2) is 10.1. The topological polar surface area (TPSA) is 90.2 Å². The lowest BCUT2D eigenvalue weighted by Crippen LogP contribution is -2.33. The minimum atomic E-state index is -0.484. The van der Waals surface area contributed by atoms with E-state index in [0.29, 0.717) is 28.5 Å². The number of amides is 1. The van der Waals surface area contributed by atoms with Crippen molar-refractivity contribution in [3.63, 3.8) is 0 Å². The van der Waals surface area contributed by atoms with Crippen molar-refractivity contribution < 1.29 is 14.3 Å². The van der Waals surface area contributed by atoms with Crippen molar-refractivity contribution in [2.45, 2.75) is 40.2 Å². The number of thiazole rings is 1. The van der Waals surface area contributed by atoms with Gasteiger partial charge in [0, 0.05) is 29.0 Å². The Hall–Kier alpha value is -3.59. The van der Waals surface area contributed by atoms with Gasteiger partial charge in [0.1, 0.15) is 0 Å². The van der Waals surface area contributed by atoms with E-state index in [0.717, 1.165) is 16.6 Å². The lowest BCUT2D eigenvalue weighted by Gasteiger charge is -2.20. The van der Waals surface area contributed by atoms with Gasteiger partial charge in [-0.25, -0.2) is 19.4 Å². The van der Waals surface area contributed by atoms with Crippen LogP contribution in [0.15, 0.2) is 48.8 Å². The van der Waals surface area contributed by atoms with E-state index in [-0.39, 0.29) is 24.2 Å². The van der Waals surface area contributed by atoms with Crippen LogP contribution in [-0.4, -0.2) is 44.8 Å². The molecule has 0 N–H and O–H groups in total. The zero-order valence-electron chi connectivity index (χ0n) is 19.7. The van der Waals surface area contributed by atoms with E-state index >= 15 is 0 Å². The number of ether oxygens (including phenoxy) is 1. The van der Waals surface area contributed by atoms with Gasteiger partial charge in [0.25, 0.3) is 5.91 Å². The molecule has 1 aromatic carbocycles. The summed E-state index contributed by atoms with van der Waals surface area (Å²) in [6, 6.07) is 11.9. The molecule has 34 heavy (non-hydrogen) atoms. The van der Waals surface area contributed by atoms with Crippen molar-refractivity contribution >= 4 is 39.4 Å². The third kappa shape index (κ3) is 4.84. The van der Waals surface area contributed by atoms with Gasteiger partial charge in [-0.3, -0.25) is 9.69 Å². The van der Waals surface area contributed by atoms with Crippen molar-refractivity contribution in [1.82, 2.24) is 19.7 Å². The van der Waals surface area contributed by atoms with Crippen LogP contribution in [0.1, 0.15) is 58.1 Å². The Morgan fingerprint density at radius 1 is 1.18 bits per heavy atom. The maximum absolute atomic E-state index is 13.7. The summed E-state index contributed by atoms with van der Waals surface area (Å²) < 4.78 is 6.95. The molecule has 0 saturated heterocycles. The van der Waals surface area contributed by atoms with Crippen LogP contribution in [0.5, 0.6) is 0 Å². The van der Waals surface area contributed by atoms with Crippen LogP contribution < -0.4 is 4.90 Å². The molecule has 0 aliphatic carbocycles. The first-order chi connectivity index (χ1) is 16.4. The smallest absolute Gasteiger partial charge is 0.358 e. The molecule has 0 saturated carbocycles. The predicted octanol–water partition coefficient (Wildman–Crippen LogP) is 4.84. The third-order valence-electron chi connectivity index (χ3n) is 5.37. The predicted molar refractivity (Wildman–Crippen MR) is 133 cm³/mol. The van der Waals surface area contributed by atoms with Gasteiger partial charge in [0.15, 0.2) is 16.5 Å². The molecule has 176 valence electrons. The van der Waals surface area contributed by atoms with Crippen molar-refractivity contribution in [2.24, 2.45) is 0 Å². The van der Waals surface area contributed by atoms with Crippen molar-refractivity contribution in [2.75, 3.05) is 18.1 Å². The molecule has 0 fully saturated rings. The number of benzene rings is 1. The van der Waals surface area contributed by atoms with Crippen LogP contribution in [0.3, 0.4) is 0 Å². The van der Waals surface area contributed by atoms with Crippen LogP contribution in [-0.2, 0) is 11.2 Å². The minimum Gasteiger partial charge on any atom is -0.461 e. The SMILES string of the molecule is CCOC(=O)c1nc(N(CCc2ccccc2)C(=O)c2cnc3c(cnn3C(C)C)c2)sc1C. The molecular formula is C25H27N5O3S. The summed E-state index contributed by atoms with van der Waals surface area (Å²) in [6.45, 7) is 8.29. The zero-order chi connectivity index (χ0) is 24.2. The van der Waals surface area contributed by atoms with Gasteiger partial charge in [-0.05, 0) is 45.7 Å². The van der Waals surface area contributed by atoms with E-state index in [4.69, 9.17) is 4.74 Å². The number of aromatic nitrogens is 4. The number of carbonyl (C=O) groups excluding carboxylic acids is 2. The zero-order valence-corrected chi connectivity index (χ0v) is 20.5.